The number of hydrogen-bond acceptors (Lipinski definition) is 4. The highest BCUT2D eigenvalue weighted by molar-refractivity contribution is 7.07. The van der Waals surface area contributed by atoms with E-state index in [-0.39, 0.29) is 12.4 Å². The van der Waals surface area contributed by atoms with E-state index in [2.05, 4.69) is 10.3 Å². The highest BCUT2D eigenvalue weighted by atomic mass is 35.5. The molecule has 0 aromatic carbocycles. The summed E-state index contributed by atoms with van der Waals surface area (Å²) in [4.78, 5) is 14.6. The van der Waals surface area contributed by atoms with Gasteiger partial charge in [0.15, 0.2) is 0 Å². The first-order chi connectivity index (χ1) is 5.74. The SMILES string of the molecule is CNC(Cc1cscn1)C(=O)O.Cl. The largest absolute Gasteiger partial charge is 0.480 e. The van der Waals surface area contributed by atoms with E-state index in [4.69, 9.17) is 5.11 Å². The van der Waals surface area contributed by atoms with E-state index >= 15 is 0 Å². The van der Waals surface area contributed by atoms with Crippen LogP contribution in [0.25, 0.3) is 0 Å². The van der Waals surface area contributed by atoms with Crippen molar-refractivity contribution in [3.63, 3.8) is 0 Å². The summed E-state index contributed by atoms with van der Waals surface area (Å²) in [5.74, 6) is -0.842. The van der Waals surface area contributed by atoms with Crippen molar-refractivity contribution >= 4 is 29.7 Å². The van der Waals surface area contributed by atoms with E-state index in [1.165, 1.54) is 11.3 Å². The minimum atomic E-state index is -0.842. The van der Waals surface area contributed by atoms with Gasteiger partial charge in [0.2, 0.25) is 0 Å². The Morgan fingerprint density at radius 2 is 2.54 bits per heavy atom. The van der Waals surface area contributed by atoms with Crippen LogP contribution in [-0.4, -0.2) is 29.1 Å². The highest BCUT2D eigenvalue weighted by Crippen LogP contribution is 2.04. The first kappa shape index (κ1) is 12.3. The van der Waals surface area contributed by atoms with Crippen LogP contribution in [0.4, 0.5) is 0 Å². The molecule has 0 bridgehead atoms. The number of halogens is 1. The van der Waals surface area contributed by atoms with Crippen LogP contribution in [0.15, 0.2) is 10.9 Å². The molecule has 1 atom stereocenters. The summed E-state index contributed by atoms with van der Waals surface area (Å²) in [6.07, 6.45) is 0.440. The molecule has 0 fully saturated rings. The van der Waals surface area contributed by atoms with Gasteiger partial charge in [-0.15, -0.1) is 23.7 Å². The molecule has 1 aromatic heterocycles. The molecule has 1 aromatic rings. The Bertz CT molecular complexity index is 253. The molecule has 0 amide bonds. The van der Waals surface area contributed by atoms with Gasteiger partial charge in [0.1, 0.15) is 6.04 Å². The third-order valence-electron chi connectivity index (χ3n) is 1.54. The molecule has 0 aliphatic rings. The highest BCUT2D eigenvalue weighted by Gasteiger charge is 2.15. The molecular formula is C7H11ClN2O2S. The smallest absolute Gasteiger partial charge is 0.321 e. The fourth-order valence-corrected chi connectivity index (χ4v) is 1.43. The Balaban J connectivity index is 0.00000144. The number of carboxylic acids is 1. The molecule has 1 rings (SSSR count). The second-order valence-electron chi connectivity index (χ2n) is 2.36. The fraction of sp³-hybridized carbons (Fsp3) is 0.429. The number of aromatic nitrogens is 1. The van der Waals surface area contributed by atoms with E-state index in [9.17, 15) is 4.79 Å². The summed E-state index contributed by atoms with van der Waals surface area (Å²) in [7, 11) is 1.63. The average molecular weight is 223 g/mol. The molecule has 0 saturated heterocycles. The molecule has 0 aliphatic heterocycles. The van der Waals surface area contributed by atoms with Crippen molar-refractivity contribution in [2.75, 3.05) is 7.05 Å². The molecule has 1 heterocycles. The number of carboxylic acid groups (broad SMARTS) is 1. The lowest BCUT2D eigenvalue weighted by Gasteiger charge is -2.07. The molecular weight excluding hydrogens is 212 g/mol. The van der Waals surface area contributed by atoms with Gasteiger partial charge >= 0.3 is 5.97 Å². The lowest BCUT2D eigenvalue weighted by atomic mass is 10.2. The Hall–Kier alpha value is -0.650. The number of likely N-dealkylation sites (N-methyl/N-ethyl adjacent to an activating group) is 1. The van der Waals surface area contributed by atoms with Crippen LogP contribution in [0.5, 0.6) is 0 Å². The summed E-state index contributed by atoms with van der Waals surface area (Å²) < 4.78 is 0. The zero-order valence-corrected chi connectivity index (χ0v) is 8.69. The van der Waals surface area contributed by atoms with Crippen molar-refractivity contribution in [3.8, 4) is 0 Å². The fourth-order valence-electron chi connectivity index (χ4n) is 0.860. The Kier molecular flexibility index (Phi) is 5.61. The maximum Gasteiger partial charge on any atom is 0.321 e. The van der Waals surface area contributed by atoms with Crippen molar-refractivity contribution < 1.29 is 9.90 Å². The van der Waals surface area contributed by atoms with Crippen LogP contribution in [0, 0.1) is 0 Å². The third kappa shape index (κ3) is 3.71. The maximum atomic E-state index is 10.6. The Morgan fingerprint density at radius 1 is 1.85 bits per heavy atom. The lowest BCUT2D eigenvalue weighted by Crippen LogP contribution is -2.35. The van der Waals surface area contributed by atoms with Crippen LogP contribution >= 0.6 is 23.7 Å². The molecule has 13 heavy (non-hydrogen) atoms. The van der Waals surface area contributed by atoms with Gasteiger partial charge in [-0.05, 0) is 7.05 Å². The van der Waals surface area contributed by atoms with Crippen molar-refractivity contribution in [2.24, 2.45) is 0 Å². The molecule has 0 saturated carbocycles. The summed E-state index contributed by atoms with van der Waals surface area (Å²) in [6.45, 7) is 0. The van der Waals surface area contributed by atoms with E-state index in [0.717, 1.165) is 5.69 Å². The van der Waals surface area contributed by atoms with Crippen LogP contribution in [0.2, 0.25) is 0 Å². The number of nitrogens with one attached hydrogen (secondary N) is 1. The van der Waals surface area contributed by atoms with E-state index in [1.807, 2.05) is 5.38 Å². The molecule has 0 aliphatic carbocycles. The van der Waals surface area contributed by atoms with Crippen molar-refractivity contribution in [3.05, 3.63) is 16.6 Å². The molecule has 1 unspecified atom stereocenters. The molecule has 0 radical (unpaired) electrons. The van der Waals surface area contributed by atoms with Crippen LogP contribution in [0.1, 0.15) is 5.69 Å². The van der Waals surface area contributed by atoms with Crippen LogP contribution in [0.3, 0.4) is 0 Å². The lowest BCUT2D eigenvalue weighted by molar-refractivity contribution is -0.139. The summed E-state index contributed by atoms with van der Waals surface area (Å²) in [6, 6.07) is -0.535. The molecule has 74 valence electrons. The third-order valence-corrected chi connectivity index (χ3v) is 2.18. The predicted molar refractivity (Wildman–Crippen MR) is 53.5 cm³/mol. The van der Waals surface area contributed by atoms with Gasteiger partial charge in [0.05, 0.1) is 11.2 Å². The number of thiazole rings is 1. The Labute approximate surface area is 86.4 Å². The minimum Gasteiger partial charge on any atom is -0.480 e. The summed E-state index contributed by atoms with van der Waals surface area (Å²) in [5.41, 5.74) is 2.52. The first-order valence-corrected chi connectivity index (χ1v) is 4.45. The van der Waals surface area contributed by atoms with Crippen molar-refractivity contribution in [1.82, 2.24) is 10.3 Å². The van der Waals surface area contributed by atoms with Gasteiger partial charge in [-0.1, -0.05) is 0 Å². The number of carbonyl (C=O) groups is 1. The molecule has 4 nitrogen and oxygen atoms in total. The monoisotopic (exact) mass is 222 g/mol. The molecule has 0 spiro atoms. The van der Waals surface area contributed by atoms with Gasteiger partial charge in [0.25, 0.3) is 0 Å². The number of aliphatic carboxylic acids is 1. The van der Waals surface area contributed by atoms with Crippen LogP contribution < -0.4 is 5.32 Å². The second kappa shape index (κ2) is 5.90. The van der Waals surface area contributed by atoms with Gasteiger partial charge in [-0.2, -0.15) is 0 Å². The van der Waals surface area contributed by atoms with Crippen molar-refractivity contribution in [2.45, 2.75) is 12.5 Å². The number of hydrogen-bond donors (Lipinski definition) is 2. The van der Waals surface area contributed by atoms with E-state index in [0.29, 0.717) is 6.42 Å². The predicted octanol–water partition coefficient (Wildman–Crippen LogP) is 0.780. The maximum absolute atomic E-state index is 10.6. The standard InChI is InChI=1S/C7H10N2O2S.ClH/c1-8-6(7(10)11)2-5-3-12-4-9-5;/h3-4,6,8H,2H2,1H3,(H,10,11);1H. The zero-order valence-electron chi connectivity index (χ0n) is 7.06. The molecule has 2 N–H and O–H groups in total. The quantitative estimate of drug-likeness (QED) is 0.791. The normalized spacial score (nSPS) is 11.8. The zero-order chi connectivity index (χ0) is 8.97. The second-order valence-corrected chi connectivity index (χ2v) is 3.08. The average Bonchev–Trinajstić information content (AvgIpc) is 2.51. The van der Waals surface area contributed by atoms with Crippen LogP contribution in [-0.2, 0) is 11.2 Å². The van der Waals surface area contributed by atoms with Crippen molar-refractivity contribution in [1.29, 1.82) is 0 Å². The van der Waals surface area contributed by atoms with E-state index < -0.39 is 12.0 Å². The van der Waals surface area contributed by atoms with E-state index in [1.54, 1.807) is 12.6 Å². The topological polar surface area (TPSA) is 62.2 Å². The van der Waals surface area contributed by atoms with Gasteiger partial charge < -0.3 is 10.4 Å². The van der Waals surface area contributed by atoms with Gasteiger partial charge in [0, 0.05) is 11.8 Å². The summed E-state index contributed by atoms with van der Waals surface area (Å²) in [5, 5.41) is 13.2. The Morgan fingerprint density at radius 3 is 2.92 bits per heavy atom. The first-order valence-electron chi connectivity index (χ1n) is 3.51. The van der Waals surface area contributed by atoms with Gasteiger partial charge in [-0.25, -0.2) is 4.98 Å². The number of nitrogens with zero attached hydrogens (tertiary/aromatic N) is 1. The molecule has 6 heteroatoms. The minimum absolute atomic E-state index is 0. The number of rotatable bonds is 4. The van der Waals surface area contributed by atoms with Gasteiger partial charge in [-0.3, -0.25) is 4.79 Å². The summed E-state index contributed by atoms with van der Waals surface area (Å²) >= 11 is 1.47.